The van der Waals surface area contributed by atoms with E-state index < -0.39 is 0 Å². The fraction of sp³-hybridized carbons (Fsp3) is 0.294. The Labute approximate surface area is 123 Å². The van der Waals surface area contributed by atoms with Crippen LogP contribution in [0, 0.1) is 5.92 Å². The van der Waals surface area contributed by atoms with Gasteiger partial charge in [-0.05, 0) is 24.3 Å². The van der Waals surface area contributed by atoms with Gasteiger partial charge in [-0.25, -0.2) is 0 Å². The number of hydrogen-bond donors (Lipinski definition) is 1. The molecule has 0 radical (unpaired) electrons. The molecule has 2 aromatic carbocycles. The zero-order valence-corrected chi connectivity index (χ0v) is 11.7. The number of anilines is 1. The molecule has 4 heteroatoms. The number of hydrogen-bond acceptors (Lipinski definition) is 3. The van der Waals surface area contributed by atoms with E-state index in [1.54, 1.807) is 0 Å². The van der Waals surface area contributed by atoms with Crippen LogP contribution in [0.4, 0.5) is 5.69 Å². The molecule has 1 aliphatic carbocycles. The summed E-state index contributed by atoms with van der Waals surface area (Å²) in [6.07, 6.45) is 2.83. The molecule has 1 saturated carbocycles. The normalized spacial score (nSPS) is 14.5. The van der Waals surface area contributed by atoms with E-state index in [9.17, 15) is 9.59 Å². The van der Waals surface area contributed by atoms with Gasteiger partial charge in [0.1, 0.15) is 0 Å². The van der Waals surface area contributed by atoms with E-state index in [1.807, 2.05) is 42.5 Å². The van der Waals surface area contributed by atoms with Gasteiger partial charge in [0.25, 0.3) is 5.91 Å². The van der Waals surface area contributed by atoms with E-state index in [2.05, 4.69) is 5.32 Å². The standard InChI is InChI=1S/C17H17NO3/c19-16(11-21-17(20)13-7-3-8-13)18-15-10-4-6-12-5-1-2-9-14(12)15/h1-2,4-6,9-10,13H,3,7-8,11H2,(H,18,19). The number of fused-ring (bicyclic) bond motifs is 1. The van der Waals surface area contributed by atoms with Crippen LogP contribution < -0.4 is 5.32 Å². The molecule has 0 aromatic heterocycles. The maximum Gasteiger partial charge on any atom is 0.309 e. The molecule has 1 fully saturated rings. The summed E-state index contributed by atoms with van der Waals surface area (Å²) in [6, 6.07) is 13.5. The Bertz CT molecular complexity index is 671. The molecule has 0 heterocycles. The molecule has 0 bridgehead atoms. The first kappa shape index (κ1) is 13.6. The third-order valence-corrected chi connectivity index (χ3v) is 3.85. The number of benzene rings is 2. The van der Waals surface area contributed by atoms with Gasteiger partial charge >= 0.3 is 5.97 Å². The van der Waals surface area contributed by atoms with Crippen molar-refractivity contribution in [1.29, 1.82) is 0 Å². The van der Waals surface area contributed by atoms with Crippen LogP contribution in [0.15, 0.2) is 42.5 Å². The van der Waals surface area contributed by atoms with Crippen LogP contribution in [0.25, 0.3) is 10.8 Å². The van der Waals surface area contributed by atoms with Gasteiger partial charge in [0, 0.05) is 11.1 Å². The largest absolute Gasteiger partial charge is 0.455 e. The molecule has 2 aromatic rings. The van der Waals surface area contributed by atoms with Crippen molar-refractivity contribution < 1.29 is 14.3 Å². The summed E-state index contributed by atoms with van der Waals surface area (Å²) >= 11 is 0. The van der Waals surface area contributed by atoms with E-state index in [1.165, 1.54) is 0 Å². The molecule has 1 amide bonds. The molecule has 1 aliphatic rings. The summed E-state index contributed by atoms with van der Waals surface area (Å²) in [7, 11) is 0. The Morgan fingerprint density at radius 1 is 1.10 bits per heavy atom. The van der Waals surface area contributed by atoms with Gasteiger partial charge in [-0.15, -0.1) is 0 Å². The summed E-state index contributed by atoms with van der Waals surface area (Å²) in [5.41, 5.74) is 0.734. The molecular formula is C17H17NO3. The average molecular weight is 283 g/mol. The molecule has 0 spiro atoms. The highest BCUT2D eigenvalue weighted by Crippen LogP contribution is 2.27. The van der Waals surface area contributed by atoms with Crippen LogP contribution >= 0.6 is 0 Å². The van der Waals surface area contributed by atoms with Crippen molar-refractivity contribution in [3.8, 4) is 0 Å². The van der Waals surface area contributed by atoms with E-state index in [0.29, 0.717) is 0 Å². The highest BCUT2D eigenvalue weighted by atomic mass is 16.5. The fourth-order valence-electron chi connectivity index (χ4n) is 2.42. The molecule has 1 N–H and O–H groups in total. The minimum absolute atomic E-state index is 0.00430. The topological polar surface area (TPSA) is 55.4 Å². The second kappa shape index (κ2) is 5.95. The monoisotopic (exact) mass is 283 g/mol. The quantitative estimate of drug-likeness (QED) is 0.877. The third kappa shape index (κ3) is 3.05. The molecule has 0 aliphatic heterocycles. The molecular weight excluding hydrogens is 266 g/mol. The zero-order valence-electron chi connectivity index (χ0n) is 11.7. The lowest BCUT2D eigenvalue weighted by Crippen LogP contribution is -2.28. The number of rotatable bonds is 4. The van der Waals surface area contributed by atoms with Crippen LogP contribution in [-0.4, -0.2) is 18.5 Å². The number of carbonyl (C=O) groups excluding carboxylic acids is 2. The number of nitrogens with one attached hydrogen (secondary N) is 1. The van der Waals surface area contributed by atoms with Gasteiger partial charge in [0.05, 0.1) is 5.92 Å². The molecule has 21 heavy (non-hydrogen) atoms. The molecule has 3 rings (SSSR count). The average Bonchev–Trinajstić information content (AvgIpc) is 2.44. The first-order valence-corrected chi connectivity index (χ1v) is 7.18. The number of ether oxygens (including phenoxy) is 1. The summed E-state index contributed by atoms with van der Waals surface area (Å²) in [5.74, 6) is -0.566. The Hall–Kier alpha value is -2.36. The van der Waals surface area contributed by atoms with Gasteiger partial charge in [-0.3, -0.25) is 9.59 Å². The van der Waals surface area contributed by atoms with Crippen LogP contribution in [0.2, 0.25) is 0 Å². The van der Waals surface area contributed by atoms with Crippen LogP contribution in [0.1, 0.15) is 19.3 Å². The predicted molar refractivity (Wildman–Crippen MR) is 80.9 cm³/mol. The second-order valence-electron chi connectivity index (χ2n) is 5.31. The van der Waals surface area contributed by atoms with E-state index in [0.717, 1.165) is 35.7 Å². The Balaban J connectivity index is 1.62. The Morgan fingerprint density at radius 3 is 2.62 bits per heavy atom. The summed E-state index contributed by atoms with van der Waals surface area (Å²) in [5, 5.41) is 4.83. The Kier molecular flexibility index (Phi) is 3.86. The van der Waals surface area contributed by atoms with Crippen molar-refractivity contribution in [3.63, 3.8) is 0 Å². The van der Waals surface area contributed by atoms with Crippen LogP contribution in [0.5, 0.6) is 0 Å². The van der Waals surface area contributed by atoms with Gasteiger partial charge < -0.3 is 10.1 Å². The maximum absolute atomic E-state index is 11.9. The lowest BCUT2D eigenvalue weighted by molar-refractivity contribution is -0.154. The molecule has 0 unspecified atom stereocenters. The van der Waals surface area contributed by atoms with Gasteiger partial charge in [0.2, 0.25) is 0 Å². The van der Waals surface area contributed by atoms with Gasteiger partial charge in [-0.1, -0.05) is 42.8 Å². The first-order chi connectivity index (χ1) is 10.2. The number of amides is 1. The van der Waals surface area contributed by atoms with Gasteiger partial charge in [-0.2, -0.15) is 0 Å². The smallest absolute Gasteiger partial charge is 0.309 e. The summed E-state index contributed by atoms with van der Waals surface area (Å²) in [6.45, 7) is -0.224. The van der Waals surface area contributed by atoms with Crippen molar-refractivity contribution in [2.24, 2.45) is 5.92 Å². The predicted octanol–water partition coefficient (Wildman–Crippen LogP) is 3.12. The van der Waals surface area contributed by atoms with E-state index in [-0.39, 0.29) is 24.4 Å². The first-order valence-electron chi connectivity index (χ1n) is 7.18. The van der Waals surface area contributed by atoms with Crippen molar-refractivity contribution in [3.05, 3.63) is 42.5 Å². The lowest BCUT2D eigenvalue weighted by Gasteiger charge is -2.22. The SMILES string of the molecule is O=C(COC(=O)C1CCC1)Nc1cccc2ccccc12. The maximum atomic E-state index is 11.9. The van der Waals surface area contributed by atoms with Gasteiger partial charge in [0.15, 0.2) is 6.61 Å². The molecule has 0 atom stereocenters. The van der Waals surface area contributed by atoms with Crippen molar-refractivity contribution in [1.82, 2.24) is 0 Å². The summed E-state index contributed by atoms with van der Waals surface area (Å²) in [4.78, 5) is 23.5. The fourth-order valence-corrected chi connectivity index (χ4v) is 2.42. The highest BCUT2D eigenvalue weighted by molar-refractivity contribution is 6.02. The number of carbonyl (C=O) groups is 2. The molecule has 108 valence electrons. The Morgan fingerprint density at radius 2 is 1.86 bits per heavy atom. The summed E-state index contributed by atoms with van der Waals surface area (Å²) < 4.78 is 5.04. The zero-order chi connectivity index (χ0) is 14.7. The molecule has 0 saturated heterocycles. The van der Waals surface area contributed by atoms with Crippen molar-refractivity contribution in [2.75, 3.05) is 11.9 Å². The third-order valence-electron chi connectivity index (χ3n) is 3.85. The second-order valence-corrected chi connectivity index (χ2v) is 5.31. The minimum atomic E-state index is -0.306. The highest BCUT2D eigenvalue weighted by Gasteiger charge is 2.27. The van der Waals surface area contributed by atoms with Crippen LogP contribution in [0.3, 0.4) is 0 Å². The number of esters is 1. The van der Waals surface area contributed by atoms with E-state index >= 15 is 0 Å². The lowest BCUT2D eigenvalue weighted by atomic mass is 9.86. The molecule has 4 nitrogen and oxygen atoms in total. The van der Waals surface area contributed by atoms with Crippen LogP contribution in [-0.2, 0) is 14.3 Å². The van der Waals surface area contributed by atoms with Crippen molar-refractivity contribution in [2.45, 2.75) is 19.3 Å². The van der Waals surface area contributed by atoms with Crippen molar-refractivity contribution >= 4 is 28.3 Å². The van der Waals surface area contributed by atoms with E-state index in [4.69, 9.17) is 4.74 Å². The minimum Gasteiger partial charge on any atom is -0.455 e.